The summed E-state index contributed by atoms with van der Waals surface area (Å²) < 4.78 is 10.9. The summed E-state index contributed by atoms with van der Waals surface area (Å²) >= 11 is 0. The number of benzene rings is 1. The predicted molar refractivity (Wildman–Crippen MR) is 75.2 cm³/mol. The molecule has 0 amide bonds. The molecule has 0 aliphatic heterocycles. The molecule has 118 valence electrons. The summed E-state index contributed by atoms with van der Waals surface area (Å²) in [6.45, 7) is -0.390. The molecule has 0 aliphatic rings. The lowest BCUT2D eigenvalue weighted by Crippen LogP contribution is -2.14. The number of carbonyl (C=O) groups excluding carboxylic acids is 1. The summed E-state index contributed by atoms with van der Waals surface area (Å²) in [5.74, 6) is -0.00466. The first-order valence-electron chi connectivity index (χ1n) is 6.54. The van der Waals surface area contributed by atoms with Gasteiger partial charge in [0.15, 0.2) is 5.69 Å². The Morgan fingerprint density at radius 3 is 2.55 bits per heavy atom. The van der Waals surface area contributed by atoms with Crippen LogP contribution < -0.4 is 4.74 Å². The second-order valence-corrected chi connectivity index (χ2v) is 4.51. The average Bonchev–Trinajstić information content (AvgIpc) is 2.96. The van der Waals surface area contributed by atoms with Crippen LogP contribution in [0, 0.1) is 0 Å². The monoisotopic (exact) mass is 307 g/mol. The molecule has 1 aromatic carbocycles. The summed E-state index contributed by atoms with van der Waals surface area (Å²) in [6, 6.07) is 6.90. The minimum absolute atomic E-state index is 0.0478. The molecular weight excluding hydrogens is 290 g/mol. The van der Waals surface area contributed by atoms with Gasteiger partial charge in [0.2, 0.25) is 0 Å². The highest BCUT2D eigenvalue weighted by Gasteiger charge is 2.21. The van der Waals surface area contributed by atoms with Crippen LogP contribution in [0.15, 0.2) is 24.3 Å². The summed E-state index contributed by atoms with van der Waals surface area (Å²) in [5.41, 5.74) is 0.783. The van der Waals surface area contributed by atoms with Crippen LogP contribution in [-0.2, 0) is 17.9 Å². The quantitative estimate of drug-likeness (QED) is 0.739. The molecule has 2 rings (SSSR count). The smallest absolute Gasteiger partial charge is 0.360 e. The highest BCUT2D eigenvalue weighted by atomic mass is 16.5. The van der Waals surface area contributed by atoms with Gasteiger partial charge < -0.3 is 19.7 Å². The topological polar surface area (TPSA) is 107 Å². The highest BCUT2D eigenvalue weighted by molar-refractivity contribution is 5.88. The van der Waals surface area contributed by atoms with E-state index in [0.29, 0.717) is 11.3 Å². The van der Waals surface area contributed by atoms with Gasteiger partial charge in [0, 0.05) is 0 Å². The zero-order chi connectivity index (χ0) is 16.1. The van der Waals surface area contributed by atoms with Crippen molar-refractivity contribution in [2.75, 3.05) is 14.2 Å². The zero-order valence-electron chi connectivity index (χ0n) is 12.3. The maximum Gasteiger partial charge on any atom is 0.360 e. The van der Waals surface area contributed by atoms with Crippen molar-refractivity contribution in [3.05, 3.63) is 41.2 Å². The number of ether oxygens (including phenoxy) is 2. The van der Waals surface area contributed by atoms with Crippen molar-refractivity contribution in [2.45, 2.75) is 19.3 Å². The van der Waals surface area contributed by atoms with Gasteiger partial charge in [-0.15, -0.1) is 5.10 Å². The van der Waals surface area contributed by atoms with Crippen LogP contribution in [0.5, 0.6) is 5.75 Å². The summed E-state index contributed by atoms with van der Waals surface area (Å²) in [6.07, 6.45) is -0.872. The van der Waals surface area contributed by atoms with E-state index in [1.165, 1.54) is 11.8 Å². The molecule has 1 atom stereocenters. The zero-order valence-corrected chi connectivity index (χ0v) is 12.3. The first kappa shape index (κ1) is 15.9. The Morgan fingerprint density at radius 2 is 2.00 bits per heavy atom. The molecule has 0 fully saturated rings. The first-order chi connectivity index (χ1) is 10.6. The van der Waals surface area contributed by atoms with E-state index in [0.717, 1.165) is 0 Å². The minimum Gasteiger partial charge on any atom is -0.497 e. The number of rotatable bonds is 6. The van der Waals surface area contributed by atoms with Crippen LogP contribution in [0.1, 0.15) is 27.8 Å². The molecule has 0 aliphatic carbocycles. The molecular formula is C14H17N3O5. The number of aromatic nitrogens is 3. The van der Waals surface area contributed by atoms with E-state index in [9.17, 15) is 15.0 Å². The Hall–Kier alpha value is -2.45. The SMILES string of the molecule is COC(=O)c1nnn(C[C@@H](O)c2ccc(OC)cc2)c1CO. The van der Waals surface area contributed by atoms with Gasteiger partial charge in [0.1, 0.15) is 5.75 Å². The molecule has 0 unspecified atom stereocenters. The molecule has 0 radical (unpaired) electrons. The molecule has 2 N–H and O–H groups in total. The average molecular weight is 307 g/mol. The Labute approximate surface area is 126 Å². The molecule has 1 heterocycles. The second-order valence-electron chi connectivity index (χ2n) is 4.51. The van der Waals surface area contributed by atoms with Gasteiger partial charge in [-0.25, -0.2) is 9.48 Å². The molecule has 1 aromatic heterocycles. The van der Waals surface area contributed by atoms with Crippen LogP contribution in [-0.4, -0.2) is 45.4 Å². The number of carbonyl (C=O) groups is 1. The Morgan fingerprint density at radius 1 is 1.32 bits per heavy atom. The lowest BCUT2D eigenvalue weighted by atomic mass is 10.1. The van der Waals surface area contributed by atoms with E-state index in [-0.39, 0.29) is 17.9 Å². The van der Waals surface area contributed by atoms with Gasteiger partial charge in [0.25, 0.3) is 0 Å². The van der Waals surface area contributed by atoms with E-state index in [1.54, 1.807) is 31.4 Å². The second kappa shape index (κ2) is 7.01. The van der Waals surface area contributed by atoms with Gasteiger partial charge in [-0.2, -0.15) is 0 Å². The lowest BCUT2D eigenvalue weighted by Gasteiger charge is -2.13. The fraction of sp³-hybridized carbons (Fsp3) is 0.357. The van der Waals surface area contributed by atoms with Crippen LogP contribution >= 0.6 is 0 Å². The summed E-state index contributed by atoms with van der Waals surface area (Å²) in [7, 11) is 2.78. The number of aliphatic hydroxyl groups excluding tert-OH is 2. The van der Waals surface area contributed by atoms with Crippen LogP contribution in [0.4, 0.5) is 0 Å². The third kappa shape index (κ3) is 3.23. The van der Waals surface area contributed by atoms with Crippen molar-refractivity contribution in [1.29, 1.82) is 0 Å². The van der Waals surface area contributed by atoms with Gasteiger partial charge in [-0.05, 0) is 17.7 Å². The van der Waals surface area contributed by atoms with Crippen molar-refractivity contribution in [3.63, 3.8) is 0 Å². The first-order valence-corrected chi connectivity index (χ1v) is 6.54. The normalized spacial score (nSPS) is 12.0. The van der Waals surface area contributed by atoms with Gasteiger partial charge in [-0.3, -0.25) is 0 Å². The highest BCUT2D eigenvalue weighted by Crippen LogP contribution is 2.20. The van der Waals surface area contributed by atoms with E-state index in [2.05, 4.69) is 15.0 Å². The number of esters is 1. The van der Waals surface area contributed by atoms with Gasteiger partial charge in [-0.1, -0.05) is 17.3 Å². The molecule has 0 saturated heterocycles. The van der Waals surface area contributed by atoms with Crippen molar-refractivity contribution < 1.29 is 24.5 Å². The van der Waals surface area contributed by atoms with Crippen molar-refractivity contribution in [2.24, 2.45) is 0 Å². The minimum atomic E-state index is -0.872. The van der Waals surface area contributed by atoms with E-state index < -0.39 is 18.7 Å². The number of nitrogens with zero attached hydrogens (tertiary/aromatic N) is 3. The Kier molecular flexibility index (Phi) is 5.08. The molecule has 8 nitrogen and oxygen atoms in total. The predicted octanol–water partition coefficient (Wildman–Crippen LogP) is 0.299. The van der Waals surface area contributed by atoms with E-state index in [1.807, 2.05) is 0 Å². The maximum atomic E-state index is 11.5. The van der Waals surface area contributed by atoms with Crippen molar-refractivity contribution in [1.82, 2.24) is 15.0 Å². The number of methoxy groups -OCH3 is 2. The molecule has 22 heavy (non-hydrogen) atoms. The summed E-state index contributed by atoms with van der Waals surface area (Å²) in [4.78, 5) is 11.5. The van der Waals surface area contributed by atoms with Gasteiger partial charge >= 0.3 is 5.97 Å². The van der Waals surface area contributed by atoms with Gasteiger partial charge in [0.05, 0.1) is 39.2 Å². The fourth-order valence-electron chi connectivity index (χ4n) is 1.99. The Bertz CT molecular complexity index is 638. The summed E-state index contributed by atoms with van der Waals surface area (Å²) in [5, 5.41) is 27.1. The molecule has 0 bridgehead atoms. The van der Waals surface area contributed by atoms with Crippen molar-refractivity contribution >= 4 is 5.97 Å². The standard InChI is InChI=1S/C14H17N3O5/c1-21-10-5-3-9(4-6-10)12(19)7-17-11(8-18)13(15-16-17)14(20)22-2/h3-6,12,18-19H,7-8H2,1-2H3/t12-/m1/s1. The number of hydrogen-bond donors (Lipinski definition) is 2. The fourth-order valence-corrected chi connectivity index (χ4v) is 1.99. The third-order valence-electron chi connectivity index (χ3n) is 3.21. The number of aliphatic hydroxyl groups is 2. The Balaban J connectivity index is 2.18. The molecule has 8 heteroatoms. The van der Waals surface area contributed by atoms with E-state index in [4.69, 9.17) is 4.74 Å². The van der Waals surface area contributed by atoms with Crippen LogP contribution in [0.2, 0.25) is 0 Å². The molecule has 0 spiro atoms. The number of hydrogen-bond acceptors (Lipinski definition) is 7. The van der Waals surface area contributed by atoms with Crippen LogP contribution in [0.3, 0.4) is 0 Å². The molecule has 2 aromatic rings. The van der Waals surface area contributed by atoms with Crippen LogP contribution in [0.25, 0.3) is 0 Å². The third-order valence-corrected chi connectivity index (χ3v) is 3.21. The maximum absolute atomic E-state index is 11.5. The lowest BCUT2D eigenvalue weighted by molar-refractivity contribution is 0.0589. The van der Waals surface area contributed by atoms with E-state index >= 15 is 0 Å². The molecule has 0 saturated carbocycles. The van der Waals surface area contributed by atoms with Crippen molar-refractivity contribution in [3.8, 4) is 5.75 Å². The largest absolute Gasteiger partial charge is 0.497 e.